The van der Waals surface area contributed by atoms with E-state index in [1.165, 1.54) is 4.57 Å². The zero-order chi connectivity index (χ0) is 36.9. The Morgan fingerprint density at radius 2 is 1.85 bits per heavy atom. The lowest BCUT2D eigenvalue weighted by atomic mass is 9.85. The number of hydrogen-bond donors (Lipinski definition) is 2. The predicted molar refractivity (Wildman–Crippen MR) is 198 cm³/mol. The van der Waals surface area contributed by atoms with E-state index in [0.717, 1.165) is 69.5 Å². The number of carbonyl (C=O) groups excluding carboxylic acids is 3. The van der Waals surface area contributed by atoms with Gasteiger partial charge < -0.3 is 19.4 Å². The summed E-state index contributed by atoms with van der Waals surface area (Å²) in [6.45, 7) is 4.30. The summed E-state index contributed by atoms with van der Waals surface area (Å²) in [5, 5.41) is 15.5. The van der Waals surface area contributed by atoms with E-state index in [-0.39, 0.29) is 30.7 Å². The minimum absolute atomic E-state index is 0.0839. The van der Waals surface area contributed by atoms with Gasteiger partial charge in [-0.3, -0.25) is 29.2 Å². The number of imidazole rings is 1. The Bertz CT molecular complexity index is 2460. The molecule has 3 amide bonds. The van der Waals surface area contributed by atoms with Gasteiger partial charge in [-0.05, 0) is 68.4 Å². The maximum Gasteiger partial charge on any atom is 0.420 e. The summed E-state index contributed by atoms with van der Waals surface area (Å²) in [6, 6.07) is 12.3. The molecule has 0 bridgehead atoms. The molecule has 9 rings (SSSR count). The summed E-state index contributed by atoms with van der Waals surface area (Å²) < 4.78 is 16.2. The average molecular weight is 733 g/mol. The monoisotopic (exact) mass is 732 g/mol. The van der Waals surface area contributed by atoms with Gasteiger partial charge >= 0.3 is 5.76 Å². The van der Waals surface area contributed by atoms with E-state index < -0.39 is 17.7 Å². The van der Waals surface area contributed by atoms with E-state index in [1.54, 1.807) is 40.8 Å². The molecule has 2 aliphatic heterocycles. The lowest BCUT2D eigenvalue weighted by Crippen LogP contribution is -2.48. The third-order valence-corrected chi connectivity index (χ3v) is 11.1. The maximum atomic E-state index is 13.6. The Labute approximate surface area is 308 Å². The molecule has 3 fully saturated rings. The standard InChI is InChI=1S/C38H40N10O6/c1-53-31-19-27-24(22-46(43-27)34-20-39-32-6-3-13-40-48(32)34)18-26(31)36(50)41-25-9-7-23(8-10-25)21-44-14-16-45(17-15-44)28-4-2-5-29-35(28)54-38(52)47(29)30-11-12-33(49)42-37(30)51/h2-6,13,18-20,22-23,25,30H,7-12,14-17,21H2,1H3,(H,41,50)(H,42,49,51). The van der Waals surface area contributed by atoms with Gasteiger partial charge in [-0.2, -0.15) is 14.7 Å². The number of carbonyl (C=O) groups is 3. The molecule has 4 aromatic heterocycles. The van der Waals surface area contributed by atoms with Crippen molar-refractivity contribution in [2.45, 2.75) is 50.6 Å². The van der Waals surface area contributed by atoms with Gasteiger partial charge in [-0.1, -0.05) is 6.07 Å². The molecule has 1 aliphatic carbocycles. The number of hydrogen-bond acceptors (Lipinski definition) is 11. The Morgan fingerprint density at radius 1 is 1.02 bits per heavy atom. The minimum atomic E-state index is -0.774. The lowest BCUT2D eigenvalue weighted by Gasteiger charge is -2.39. The van der Waals surface area contributed by atoms with Crippen LogP contribution in [0.3, 0.4) is 0 Å². The molecular formula is C38H40N10O6. The van der Waals surface area contributed by atoms with Crippen molar-refractivity contribution in [3.05, 3.63) is 77.2 Å². The Morgan fingerprint density at radius 3 is 2.65 bits per heavy atom. The Balaban J connectivity index is 0.796. The molecule has 0 spiro atoms. The zero-order valence-corrected chi connectivity index (χ0v) is 29.8. The van der Waals surface area contributed by atoms with E-state index in [4.69, 9.17) is 14.3 Å². The smallest absolute Gasteiger partial charge is 0.420 e. The quantitative estimate of drug-likeness (QED) is 0.220. The number of methoxy groups -OCH3 is 1. The van der Waals surface area contributed by atoms with E-state index in [9.17, 15) is 19.2 Å². The summed E-state index contributed by atoms with van der Waals surface area (Å²) >= 11 is 0. The molecule has 6 aromatic rings. The molecule has 6 heterocycles. The largest absolute Gasteiger partial charge is 0.496 e. The van der Waals surface area contributed by atoms with Crippen molar-refractivity contribution in [3.63, 3.8) is 0 Å². The van der Waals surface area contributed by atoms with Crippen molar-refractivity contribution in [2.24, 2.45) is 5.92 Å². The lowest BCUT2D eigenvalue weighted by molar-refractivity contribution is -0.135. The number of rotatable bonds is 8. The molecule has 1 unspecified atom stereocenters. The molecule has 1 atom stereocenters. The van der Waals surface area contributed by atoms with Crippen LogP contribution in [-0.4, -0.2) is 97.4 Å². The number of nitrogens with one attached hydrogen (secondary N) is 2. The molecule has 54 heavy (non-hydrogen) atoms. The fourth-order valence-electron chi connectivity index (χ4n) is 8.29. The number of piperidine rings is 1. The molecule has 3 aliphatic rings. The molecule has 16 nitrogen and oxygen atoms in total. The number of anilines is 1. The number of ether oxygens (including phenoxy) is 1. The van der Waals surface area contributed by atoms with Gasteiger partial charge in [0.05, 0.1) is 35.6 Å². The first-order valence-corrected chi connectivity index (χ1v) is 18.5. The molecule has 278 valence electrons. The van der Waals surface area contributed by atoms with Crippen LogP contribution < -0.4 is 26.0 Å². The van der Waals surface area contributed by atoms with Crippen LogP contribution in [0.2, 0.25) is 0 Å². The van der Waals surface area contributed by atoms with E-state index >= 15 is 0 Å². The molecule has 16 heteroatoms. The summed E-state index contributed by atoms with van der Waals surface area (Å²) in [5.74, 6) is 0.147. The highest BCUT2D eigenvalue weighted by Gasteiger charge is 2.33. The molecule has 2 N–H and O–H groups in total. The average Bonchev–Trinajstić information content (AvgIpc) is 3.90. The van der Waals surface area contributed by atoms with Gasteiger partial charge in [-0.25, -0.2) is 14.5 Å². The number of oxazole rings is 1. The van der Waals surface area contributed by atoms with Crippen molar-refractivity contribution >= 4 is 51.1 Å². The van der Waals surface area contributed by atoms with Gasteiger partial charge in [0.15, 0.2) is 17.0 Å². The van der Waals surface area contributed by atoms with Gasteiger partial charge in [0.1, 0.15) is 11.8 Å². The Hall–Kier alpha value is -6.03. The normalized spacial score (nSPS) is 21.2. The van der Waals surface area contributed by atoms with Gasteiger partial charge in [0.25, 0.3) is 5.91 Å². The number of nitrogens with zero attached hydrogens (tertiary/aromatic N) is 8. The molecule has 0 radical (unpaired) electrons. The van der Waals surface area contributed by atoms with Crippen LogP contribution in [0.15, 0.2) is 70.3 Å². The fraction of sp³-hybridized carbons (Fsp3) is 0.395. The molecule has 1 saturated carbocycles. The third-order valence-electron chi connectivity index (χ3n) is 11.1. The van der Waals surface area contributed by atoms with Gasteiger partial charge in [0.2, 0.25) is 11.8 Å². The van der Waals surface area contributed by atoms with Crippen LogP contribution in [0.25, 0.3) is 33.5 Å². The van der Waals surface area contributed by atoms with Crippen LogP contribution in [0.4, 0.5) is 5.69 Å². The van der Waals surface area contributed by atoms with Crippen LogP contribution >= 0.6 is 0 Å². The molecule has 2 saturated heterocycles. The number of para-hydroxylation sites is 1. The number of amides is 3. The fourth-order valence-corrected chi connectivity index (χ4v) is 8.29. The first kappa shape index (κ1) is 33.8. The highest BCUT2D eigenvalue weighted by atomic mass is 16.5. The third kappa shape index (κ3) is 6.15. The minimum Gasteiger partial charge on any atom is -0.496 e. The molecule has 2 aromatic carbocycles. The first-order chi connectivity index (χ1) is 26.3. The van der Waals surface area contributed by atoms with Crippen molar-refractivity contribution in [3.8, 4) is 11.6 Å². The van der Waals surface area contributed by atoms with Crippen LogP contribution in [0.1, 0.15) is 54.9 Å². The highest BCUT2D eigenvalue weighted by molar-refractivity contribution is 6.01. The van der Waals surface area contributed by atoms with Crippen LogP contribution in [-0.2, 0) is 9.59 Å². The first-order valence-electron chi connectivity index (χ1n) is 18.5. The van der Waals surface area contributed by atoms with Crippen LogP contribution in [0.5, 0.6) is 5.75 Å². The van der Waals surface area contributed by atoms with Gasteiger partial charge in [-0.15, -0.1) is 0 Å². The highest BCUT2D eigenvalue weighted by Crippen LogP contribution is 2.32. The Kier molecular flexibility index (Phi) is 8.60. The summed E-state index contributed by atoms with van der Waals surface area (Å²) in [6.07, 6.45) is 9.59. The number of benzene rings is 2. The van der Waals surface area contributed by atoms with E-state index in [1.807, 2.05) is 36.5 Å². The maximum absolute atomic E-state index is 13.6. The van der Waals surface area contributed by atoms with Crippen molar-refractivity contribution < 1.29 is 23.5 Å². The second-order valence-electron chi connectivity index (χ2n) is 14.4. The second kappa shape index (κ2) is 13.7. The molecular weight excluding hydrogens is 692 g/mol. The number of imide groups is 1. The topological polar surface area (TPSA) is 174 Å². The summed E-state index contributed by atoms with van der Waals surface area (Å²) in [7, 11) is 1.56. The van der Waals surface area contributed by atoms with Gasteiger partial charge in [0, 0.05) is 69.0 Å². The van der Waals surface area contributed by atoms with E-state index in [0.29, 0.717) is 45.3 Å². The van der Waals surface area contributed by atoms with Crippen LogP contribution in [0, 0.1) is 5.92 Å². The van der Waals surface area contributed by atoms with Crippen molar-refractivity contribution in [1.82, 2.24) is 44.5 Å². The number of aromatic nitrogens is 6. The SMILES string of the molecule is COc1cc2nn(-c3cnc4cccnn34)cc2cc1C(=O)NC1CCC(CN2CCN(c3cccc4c3oc(=O)n4C3CCC(=O)NC3=O)CC2)CC1. The second-order valence-corrected chi connectivity index (χ2v) is 14.4. The van der Waals surface area contributed by atoms with E-state index in [2.05, 4.69) is 30.5 Å². The van der Waals surface area contributed by atoms with Crippen molar-refractivity contribution in [2.75, 3.05) is 44.7 Å². The zero-order valence-electron chi connectivity index (χ0n) is 29.8. The predicted octanol–water partition coefficient (Wildman–Crippen LogP) is 3.07. The summed E-state index contributed by atoms with van der Waals surface area (Å²) in [5.41, 5.74) is 3.75. The van der Waals surface area contributed by atoms with Crippen molar-refractivity contribution in [1.29, 1.82) is 0 Å². The number of fused-ring (bicyclic) bond motifs is 3. The number of piperazine rings is 1. The summed E-state index contributed by atoms with van der Waals surface area (Å²) in [4.78, 5) is 59.9.